The molecule has 1 aromatic carbocycles. The predicted octanol–water partition coefficient (Wildman–Crippen LogP) is 4.99. The largest absolute Gasteiger partial charge is 0.494 e. The first-order valence-corrected chi connectivity index (χ1v) is 11.4. The zero-order valence-electron chi connectivity index (χ0n) is 18.7. The molecule has 3 rings (SSSR count). The summed E-state index contributed by atoms with van der Waals surface area (Å²) in [5.74, 6) is 2.14. The van der Waals surface area contributed by atoms with E-state index >= 15 is 0 Å². The minimum absolute atomic E-state index is 0.0670. The Morgan fingerprint density at radius 2 is 1.90 bits per heavy atom. The number of benzene rings is 1. The zero-order chi connectivity index (χ0) is 22.2. The second-order valence-electron chi connectivity index (χ2n) is 8.56. The third-order valence-corrected chi connectivity index (χ3v) is 5.42. The summed E-state index contributed by atoms with van der Waals surface area (Å²) in [6.45, 7) is 6.81. The molecule has 7 heteroatoms. The van der Waals surface area contributed by atoms with E-state index in [0.29, 0.717) is 24.0 Å². The van der Waals surface area contributed by atoms with Crippen molar-refractivity contribution in [2.45, 2.75) is 77.7 Å². The van der Waals surface area contributed by atoms with Crippen molar-refractivity contribution in [3.05, 3.63) is 41.5 Å². The van der Waals surface area contributed by atoms with E-state index in [1.165, 1.54) is 0 Å². The van der Waals surface area contributed by atoms with Crippen LogP contribution in [0.3, 0.4) is 0 Å². The monoisotopic (exact) mass is 427 g/mol. The molecule has 2 aromatic rings. The summed E-state index contributed by atoms with van der Waals surface area (Å²) in [5.41, 5.74) is 0.583. The van der Waals surface area contributed by atoms with Crippen LogP contribution in [0.4, 0.5) is 0 Å². The van der Waals surface area contributed by atoms with Gasteiger partial charge in [-0.2, -0.15) is 4.98 Å². The van der Waals surface area contributed by atoms with Crippen LogP contribution < -0.4 is 10.1 Å². The Bertz CT molecular complexity index is 856. The van der Waals surface area contributed by atoms with Crippen LogP contribution in [0.5, 0.6) is 5.75 Å². The lowest BCUT2D eigenvalue weighted by Crippen LogP contribution is -2.32. The molecule has 0 aliphatic heterocycles. The van der Waals surface area contributed by atoms with Crippen LogP contribution in [0.2, 0.25) is 0 Å². The number of amides is 1. The van der Waals surface area contributed by atoms with Crippen LogP contribution in [0.25, 0.3) is 0 Å². The second kappa shape index (κ2) is 11.1. The second-order valence-corrected chi connectivity index (χ2v) is 8.56. The smallest absolute Gasteiger partial charge is 0.249 e. The van der Waals surface area contributed by atoms with E-state index in [4.69, 9.17) is 9.26 Å². The van der Waals surface area contributed by atoms with Gasteiger partial charge in [-0.15, -0.1) is 0 Å². The maximum atomic E-state index is 12.5. The van der Waals surface area contributed by atoms with Crippen LogP contribution in [0.15, 0.2) is 28.8 Å². The Kier molecular flexibility index (Phi) is 8.20. The number of carbonyl (C=O) groups is 2. The molecule has 1 heterocycles. The minimum Gasteiger partial charge on any atom is -0.494 e. The lowest BCUT2D eigenvalue weighted by atomic mass is 10.0. The van der Waals surface area contributed by atoms with Gasteiger partial charge in [0, 0.05) is 24.3 Å². The quantitative estimate of drug-likeness (QED) is 0.357. The third kappa shape index (κ3) is 6.91. The average molecular weight is 428 g/mol. The van der Waals surface area contributed by atoms with Gasteiger partial charge in [0.2, 0.25) is 11.8 Å². The summed E-state index contributed by atoms with van der Waals surface area (Å²) in [5, 5.41) is 6.98. The molecule has 0 radical (unpaired) electrons. The van der Waals surface area contributed by atoms with Gasteiger partial charge >= 0.3 is 0 Å². The molecule has 1 fully saturated rings. The highest BCUT2D eigenvalue weighted by Crippen LogP contribution is 2.38. The topological polar surface area (TPSA) is 94.3 Å². The molecule has 168 valence electrons. The van der Waals surface area contributed by atoms with Crippen LogP contribution in [-0.4, -0.2) is 28.4 Å². The van der Waals surface area contributed by atoms with Gasteiger partial charge in [0.25, 0.3) is 0 Å². The first-order chi connectivity index (χ1) is 15.0. The maximum absolute atomic E-state index is 12.5. The molecule has 0 spiro atoms. The molecular weight excluding hydrogens is 394 g/mol. The van der Waals surface area contributed by atoms with Crippen molar-refractivity contribution < 1.29 is 18.8 Å². The van der Waals surface area contributed by atoms with Gasteiger partial charge in [-0.3, -0.25) is 9.59 Å². The number of Topliss-reactive ketones (excluding diaryl/α,β-unsaturated/α-hetero) is 1. The Morgan fingerprint density at radius 3 is 2.55 bits per heavy atom. The normalized spacial score (nSPS) is 14.5. The SMILES string of the molecule is CCCCCOc1ccc(C(=O)CCC(=O)NC(c2nc(C3CC3)no2)C(C)C)cc1. The summed E-state index contributed by atoms with van der Waals surface area (Å²) in [6, 6.07) is 6.77. The molecule has 1 amide bonds. The summed E-state index contributed by atoms with van der Waals surface area (Å²) < 4.78 is 11.1. The number of carbonyl (C=O) groups excluding carboxylic acids is 2. The lowest BCUT2D eigenvalue weighted by Gasteiger charge is -2.18. The van der Waals surface area contributed by atoms with Gasteiger partial charge in [0.05, 0.1) is 6.61 Å². The van der Waals surface area contributed by atoms with Crippen LogP contribution in [-0.2, 0) is 4.79 Å². The molecule has 0 bridgehead atoms. The molecule has 1 unspecified atom stereocenters. The number of nitrogens with one attached hydrogen (secondary N) is 1. The fourth-order valence-corrected chi connectivity index (χ4v) is 3.29. The van der Waals surface area contributed by atoms with Crippen LogP contribution >= 0.6 is 0 Å². The molecular formula is C24H33N3O4. The molecule has 1 aliphatic carbocycles. The summed E-state index contributed by atoms with van der Waals surface area (Å²) in [7, 11) is 0. The molecule has 1 aromatic heterocycles. The Hall–Kier alpha value is -2.70. The zero-order valence-corrected chi connectivity index (χ0v) is 18.7. The number of hydrogen-bond acceptors (Lipinski definition) is 6. The molecule has 1 aliphatic rings. The Morgan fingerprint density at radius 1 is 1.16 bits per heavy atom. The van der Waals surface area contributed by atoms with Crippen molar-refractivity contribution in [1.82, 2.24) is 15.5 Å². The highest BCUT2D eigenvalue weighted by atomic mass is 16.5. The number of ketones is 1. The highest BCUT2D eigenvalue weighted by Gasteiger charge is 2.31. The fraction of sp³-hybridized carbons (Fsp3) is 0.583. The predicted molar refractivity (Wildman–Crippen MR) is 117 cm³/mol. The molecule has 1 saturated carbocycles. The van der Waals surface area contributed by atoms with Gasteiger partial charge in [-0.25, -0.2) is 0 Å². The Labute approximate surface area is 183 Å². The first-order valence-electron chi connectivity index (χ1n) is 11.4. The van der Waals surface area contributed by atoms with Gasteiger partial charge in [-0.05, 0) is 49.4 Å². The van der Waals surface area contributed by atoms with E-state index in [1.54, 1.807) is 24.3 Å². The van der Waals surface area contributed by atoms with Crippen molar-refractivity contribution in [2.75, 3.05) is 6.61 Å². The summed E-state index contributed by atoms with van der Waals surface area (Å²) >= 11 is 0. The number of hydrogen-bond donors (Lipinski definition) is 1. The lowest BCUT2D eigenvalue weighted by molar-refractivity contribution is -0.122. The number of aromatic nitrogens is 2. The van der Waals surface area contributed by atoms with E-state index in [9.17, 15) is 9.59 Å². The van der Waals surface area contributed by atoms with E-state index in [1.807, 2.05) is 13.8 Å². The van der Waals surface area contributed by atoms with Gasteiger partial charge in [-0.1, -0.05) is 38.8 Å². The Balaban J connectivity index is 1.46. The van der Waals surface area contributed by atoms with Gasteiger partial charge in [0.15, 0.2) is 11.6 Å². The van der Waals surface area contributed by atoms with E-state index in [2.05, 4.69) is 22.4 Å². The standard InChI is InChI=1S/C24H33N3O4/c1-4-5-6-15-30-19-11-9-17(10-12-19)20(28)13-14-21(29)25-22(16(2)3)24-26-23(27-31-24)18-7-8-18/h9-12,16,18,22H,4-8,13-15H2,1-3H3,(H,25,29). The van der Waals surface area contributed by atoms with E-state index < -0.39 is 0 Å². The molecule has 31 heavy (non-hydrogen) atoms. The van der Waals surface area contributed by atoms with Crippen molar-refractivity contribution in [1.29, 1.82) is 0 Å². The number of rotatable bonds is 13. The molecule has 1 N–H and O–H groups in total. The summed E-state index contributed by atoms with van der Waals surface area (Å²) in [6.07, 6.45) is 5.75. The number of nitrogens with zero attached hydrogens (tertiary/aromatic N) is 2. The van der Waals surface area contributed by atoms with Crippen molar-refractivity contribution in [3.63, 3.8) is 0 Å². The number of ether oxygens (including phenoxy) is 1. The molecule has 0 saturated heterocycles. The van der Waals surface area contributed by atoms with Crippen LogP contribution in [0.1, 0.15) is 99.7 Å². The minimum atomic E-state index is -0.355. The summed E-state index contributed by atoms with van der Waals surface area (Å²) in [4.78, 5) is 29.4. The fourth-order valence-electron chi connectivity index (χ4n) is 3.29. The van der Waals surface area contributed by atoms with Gasteiger partial charge < -0.3 is 14.6 Å². The van der Waals surface area contributed by atoms with E-state index in [0.717, 1.165) is 43.7 Å². The number of unbranched alkanes of at least 4 members (excludes halogenated alkanes) is 2. The molecule has 1 atom stereocenters. The maximum Gasteiger partial charge on any atom is 0.249 e. The first kappa shape index (κ1) is 23.0. The highest BCUT2D eigenvalue weighted by molar-refractivity contribution is 5.98. The third-order valence-electron chi connectivity index (χ3n) is 5.42. The van der Waals surface area contributed by atoms with Crippen LogP contribution in [0, 0.1) is 5.92 Å². The van der Waals surface area contributed by atoms with E-state index in [-0.39, 0.29) is 36.5 Å². The molecule has 7 nitrogen and oxygen atoms in total. The van der Waals surface area contributed by atoms with Crippen molar-refractivity contribution in [3.8, 4) is 5.75 Å². The van der Waals surface area contributed by atoms with Crippen molar-refractivity contribution >= 4 is 11.7 Å². The average Bonchev–Trinajstić information content (AvgIpc) is 3.51. The van der Waals surface area contributed by atoms with Gasteiger partial charge in [0.1, 0.15) is 11.8 Å². The van der Waals surface area contributed by atoms with Crippen molar-refractivity contribution in [2.24, 2.45) is 5.92 Å².